The van der Waals surface area contributed by atoms with E-state index in [0.717, 1.165) is 44.8 Å². The van der Waals surface area contributed by atoms with Gasteiger partial charge in [-0.05, 0) is 29.8 Å². The summed E-state index contributed by atoms with van der Waals surface area (Å²) in [7, 11) is 1.55. The van der Waals surface area contributed by atoms with Crippen LogP contribution < -0.4 is 14.2 Å². The summed E-state index contributed by atoms with van der Waals surface area (Å²) in [6.07, 6.45) is 0.644. The molecule has 23 heavy (non-hydrogen) atoms. The second-order valence-electron chi connectivity index (χ2n) is 5.71. The number of hydrogen-bond donors (Lipinski definition) is 1. The van der Waals surface area contributed by atoms with Crippen molar-refractivity contribution in [3.8, 4) is 34.3 Å². The van der Waals surface area contributed by atoms with E-state index in [1.165, 1.54) is 0 Å². The molecule has 0 amide bonds. The molecule has 0 saturated heterocycles. The van der Waals surface area contributed by atoms with E-state index in [4.69, 9.17) is 19.2 Å². The minimum atomic E-state index is 0.196. The number of methoxy groups -OCH3 is 1. The lowest BCUT2D eigenvalue weighted by Crippen LogP contribution is -1.92. The molecule has 5 heteroatoms. The minimum Gasteiger partial charge on any atom is -0.504 e. The molecule has 0 spiro atoms. The van der Waals surface area contributed by atoms with Crippen molar-refractivity contribution < 1.29 is 19.3 Å². The zero-order chi connectivity index (χ0) is 15.6. The molecule has 0 radical (unpaired) electrons. The first-order chi connectivity index (χ1) is 11.2. The Bertz CT molecular complexity index is 981. The van der Waals surface area contributed by atoms with E-state index >= 15 is 0 Å². The SMILES string of the molecule is COc1ccc2c(c1O)Cc1cc3cc4c(cc3nc1-2)OCO4. The number of rotatable bonds is 1. The van der Waals surface area contributed by atoms with Crippen molar-refractivity contribution in [2.24, 2.45) is 0 Å². The largest absolute Gasteiger partial charge is 0.504 e. The quantitative estimate of drug-likeness (QED) is 0.585. The van der Waals surface area contributed by atoms with Crippen molar-refractivity contribution in [1.82, 2.24) is 4.98 Å². The number of nitrogens with zero attached hydrogens (tertiary/aromatic N) is 1. The third-order valence-electron chi connectivity index (χ3n) is 4.48. The number of fused-ring (bicyclic) bond motifs is 5. The van der Waals surface area contributed by atoms with Crippen LogP contribution in [0.1, 0.15) is 11.1 Å². The zero-order valence-corrected chi connectivity index (χ0v) is 12.4. The zero-order valence-electron chi connectivity index (χ0n) is 12.4. The molecule has 3 aromatic rings. The summed E-state index contributed by atoms with van der Waals surface area (Å²) in [6.45, 7) is 0.252. The first-order valence-electron chi connectivity index (χ1n) is 7.37. The molecule has 0 unspecified atom stereocenters. The van der Waals surface area contributed by atoms with Gasteiger partial charge >= 0.3 is 0 Å². The molecule has 114 valence electrons. The molecule has 5 nitrogen and oxygen atoms in total. The van der Waals surface area contributed by atoms with E-state index in [9.17, 15) is 5.11 Å². The maximum Gasteiger partial charge on any atom is 0.231 e. The maximum atomic E-state index is 10.4. The summed E-state index contributed by atoms with van der Waals surface area (Å²) >= 11 is 0. The van der Waals surface area contributed by atoms with Crippen LogP contribution in [0.3, 0.4) is 0 Å². The molecular formula is C18H13NO4. The van der Waals surface area contributed by atoms with Crippen molar-refractivity contribution in [2.45, 2.75) is 6.42 Å². The van der Waals surface area contributed by atoms with Crippen LogP contribution >= 0.6 is 0 Å². The normalized spacial score (nSPS) is 14.0. The fourth-order valence-electron chi connectivity index (χ4n) is 3.35. The summed E-state index contributed by atoms with van der Waals surface area (Å²) in [5, 5.41) is 11.4. The van der Waals surface area contributed by atoms with Crippen LogP contribution in [0.2, 0.25) is 0 Å². The molecule has 2 heterocycles. The predicted molar refractivity (Wildman–Crippen MR) is 84.3 cm³/mol. The van der Waals surface area contributed by atoms with Gasteiger partial charge in [-0.2, -0.15) is 0 Å². The highest BCUT2D eigenvalue weighted by atomic mass is 16.7. The van der Waals surface area contributed by atoms with Crippen LogP contribution in [0.4, 0.5) is 0 Å². The fourth-order valence-corrected chi connectivity index (χ4v) is 3.35. The van der Waals surface area contributed by atoms with Gasteiger partial charge in [-0.1, -0.05) is 0 Å². The Labute approximate surface area is 132 Å². The van der Waals surface area contributed by atoms with Gasteiger partial charge < -0.3 is 19.3 Å². The second kappa shape index (κ2) is 4.29. The van der Waals surface area contributed by atoms with Gasteiger partial charge in [0.15, 0.2) is 23.0 Å². The van der Waals surface area contributed by atoms with Crippen LogP contribution in [0.5, 0.6) is 23.0 Å². The number of aromatic nitrogens is 1. The van der Waals surface area contributed by atoms with E-state index in [1.54, 1.807) is 13.2 Å². The third kappa shape index (κ3) is 1.64. The Morgan fingerprint density at radius 3 is 2.78 bits per heavy atom. The van der Waals surface area contributed by atoms with Crippen molar-refractivity contribution in [3.63, 3.8) is 0 Å². The molecular weight excluding hydrogens is 294 g/mol. The van der Waals surface area contributed by atoms with Crippen LogP contribution in [-0.4, -0.2) is 24.0 Å². The fraction of sp³-hybridized carbons (Fsp3) is 0.167. The van der Waals surface area contributed by atoms with Gasteiger partial charge in [-0.3, -0.25) is 0 Å². The Balaban J connectivity index is 1.74. The first-order valence-corrected chi connectivity index (χ1v) is 7.37. The molecule has 1 N–H and O–H groups in total. The molecule has 2 aromatic carbocycles. The van der Waals surface area contributed by atoms with Gasteiger partial charge in [0.1, 0.15) is 0 Å². The lowest BCUT2D eigenvalue weighted by molar-refractivity contribution is 0.174. The highest BCUT2D eigenvalue weighted by molar-refractivity contribution is 5.89. The molecule has 0 saturated carbocycles. The van der Waals surface area contributed by atoms with E-state index in [1.807, 2.05) is 18.2 Å². The van der Waals surface area contributed by atoms with Gasteiger partial charge in [0.25, 0.3) is 0 Å². The molecule has 1 aromatic heterocycles. The summed E-state index contributed by atoms with van der Waals surface area (Å²) in [5.74, 6) is 2.16. The molecule has 0 bridgehead atoms. The Morgan fingerprint density at radius 1 is 1.13 bits per heavy atom. The number of benzene rings is 2. The van der Waals surface area contributed by atoms with Gasteiger partial charge in [0.05, 0.1) is 18.3 Å². The summed E-state index contributed by atoms with van der Waals surface area (Å²) in [6, 6.07) is 9.68. The van der Waals surface area contributed by atoms with Crippen LogP contribution in [0.15, 0.2) is 30.3 Å². The van der Waals surface area contributed by atoms with Gasteiger partial charge in [0, 0.05) is 29.0 Å². The van der Waals surface area contributed by atoms with Crippen LogP contribution in [0, 0.1) is 0 Å². The standard InChI is InChI=1S/C18H13NO4/c1-21-14-3-2-11-12(18(14)20)5-10-4-9-6-15-16(23-8-22-15)7-13(9)19-17(10)11/h2-4,6-7,20H,5,8H2,1H3. The minimum absolute atomic E-state index is 0.196. The monoisotopic (exact) mass is 307 g/mol. The van der Waals surface area contributed by atoms with E-state index in [-0.39, 0.29) is 12.5 Å². The molecule has 1 aliphatic carbocycles. The molecule has 0 atom stereocenters. The van der Waals surface area contributed by atoms with Crippen molar-refractivity contribution in [3.05, 3.63) is 41.5 Å². The topological polar surface area (TPSA) is 60.8 Å². The lowest BCUT2D eigenvalue weighted by Gasteiger charge is -2.07. The number of phenols is 1. The van der Waals surface area contributed by atoms with E-state index in [2.05, 4.69) is 6.07 Å². The molecule has 2 aliphatic rings. The summed E-state index contributed by atoms with van der Waals surface area (Å²) < 4.78 is 16.1. The van der Waals surface area contributed by atoms with Gasteiger partial charge in [-0.25, -0.2) is 4.98 Å². The Kier molecular flexibility index (Phi) is 2.34. The molecule has 1 aliphatic heterocycles. The molecule has 0 fully saturated rings. The maximum absolute atomic E-state index is 10.4. The Hall–Kier alpha value is -2.95. The van der Waals surface area contributed by atoms with Gasteiger partial charge in [-0.15, -0.1) is 0 Å². The summed E-state index contributed by atoms with van der Waals surface area (Å²) in [4.78, 5) is 4.78. The van der Waals surface area contributed by atoms with Crippen LogP contribution in [0.25, 0.3) is 22.2 Å². The second-order valence-corrected chi connectivity index (χ2v) is 5.71. The highest BCUT2D eigenvalue weighted by Crippen LogP contribution is 2.45. The number of pyridine rings is 1. The van der Waals surface area contributed by atoms with Crippen molar-refractivity contribution in [1.29, 1.82) is 0 Å². The number of aromatic hydroxyl groups is 1. The van der Waals surface area contributed by atoms with Gasteiger partial charge in [0.2, 0.25) is 6.79 Å². The third-order valence-corrected chi connectivity index (χ3v) is 4.48. The van der Waals surface area contributed by atoms with Crippen molar-refractivity contribution in [2.75, 3.05) is 13.9 Å². The summed E-state index contributed by atoms with van der Waals surface area (Å²) in [5.41, 5.74) is 4.68. The van der Waals surface area contributed by atoms with Crippen LogP contribution in [-0.2, 0) is 6.42 Å². The van der Waals surface area contributed by atoms with Crippen molar-refractivity contribution >= 4 is 10.9 Å². The molecule has 5 rings (SSSR count). The average Bonchev–Trinajstić information content (AvgIpc) is 3.15. The number of hydrogen-bond acceptors (Lipinski definition) is 5. The lowest BCUT2D eigenvalue weighted by atomic mass is 10.1. The smallest absolute Gasteiger partial charge is 0.231 e. The number of phenolic OH excluding ortho intramolecular Hbond substituents is 1. The first kappa shape index (κ1) is 12.6. The Morgan fingerprint density at radius 2 is 1.96 bits per heavy atom. The average molecular weight is 307 g/mol. The van der Waals surface area contributed by atoms with E-state index in [0.29, 0.717) is 12.2 Å². The highest BCUT2D eigenvalue weighted by Gasteiger charge is 2.26. The number of ether oxygens (including phenoxy) is 3. The predicted octanol–water partition coefficient (Wildman–Crippen LogP) is 3.25. The van der Waals surface area contributed by atoms with E-state index < -0.39 is 0 Å².